The zero-order chi connectivity index (χ0) is 22.0. The highest BCUT2D eigenvalue weighted by Gasteiger charge is 2.38. The predicted molar refractivity (Wildman–Crippen MR) is 117 cm³/mol. The van der Waals surface area contributed by atoms with Gasteiger partial charge >= 0.3 is 10.2 Å². The number of hydrogen-bond donors (Lipinski definition) is 3. The monoisotopic (exact) mass is 444 g/mol. The third-order valence-electron chi connectivity index (χ3n) is 4.80. The maximum absolute atomic E-state index is 15.7. The minimum Gasteiger partial charge on any atom is -0.487 e. The second kappa shape index (κ2) is 8.40. The molecule has 0 aromatic heterocycles. The number of nitrogens with zero attached hydrogens (tertiary/aromatic N) is 1. The lowest BCUT2D eigenvalue weighted by Crippen LogP contribution is -2.30. The van der Waals surface area contributed by atoms with Gasteiger partial charge < -0.3 is 15.8 Å². The highest BCUT2D eigenvalue weighted by Crippen LogP contribution is 2.40. The fraction of sp³-hybridized carbons (Fsp3) is 0.190. The molecule has 1 aliphatic rings. The van der Waals surface area contributed by atoms with E-state index >= 15 is 4.39 Å². The Morgan fingerprint density at radius 2 is 1.94 bits per heavy atom. The second-order valence-electron chi connectivity index (χ2n) is 7.00. The van der Waals surface area contributed by atoms with Crippen LogP contribution in [-0.2, 0) is 21.6 Å². The van der Waals surface area contributed by atoms with E-state index in [0.717, 1.165) is 5.56 Å². The smallest absolute Gasteiger partial charge is 0.326 e. The van der Waals surface area contributed by atoms with Gasteiger partial charge in [-0.25, -0.2) is 13.4 Å². The summed E-state index contributed by atoms with van der Waals surface area (Å²) >= 11 is 0. The molecule has 4 rings (SSSR count). The number of benzene rings is 3. The lowest BCUT2D eigenvalue weighted by molar-refractivity contribution is -0.117. The van der Waals surface area contributed by atoms with Gasteiger partial charge in [-0.1, -0.05) is 36.4 Å². The van der Waals surface area contributed by atoms with Crippen LogP contribution in [0.2, 0.25) is 0 Å². The molecule has 0 spiro atoms. The molecule has 1 saturated heterocycles. The van der Waals surface area contributed by atoms with Gasteiger partial charge in [-0.05, 0) is 29.1 Å². The highest BCUT2D eigenvalue weighted by atomic mass is 32.2. The fourth-order valence-electron chi connectivity index (χ4n) is 3.37. The molecule has 0 radical (unpaired) electrons. The summed E-state index contributed by atoms with van der Waals surface area (Å²) < 4.78 is 49.0. The Balaban J connectivity index is 1.82. The Morgan fingerprint density at radius 1 is 1.16 bits per heavy atom. The van der Waals surface area contributed by atoms with Gasteiger partial charge in [0.15, 0.2) is 5.82 Å². The van der Waals surface area contributed by atoms with E-state index in [1.807, 2.05) is 35.1 Å². The summed E-state index contributed by atoms with van der Waals surface area (Å²) in [6.45, 7) is 0.469. The number of rotatable bonds is 7. The van der Waals surface area contributed by atoms with Crippen LogP contribution in [0.15, 0.2) is 54.6 Å². The summed E-state index contributed by atoms with van der Waals surface area (Å²) in [7, 11) is -4.23. The SMILES string of the molecule is NCCNc1ccc2cc(OCc3ccccc3)c(N3CC(=O)NS3(=O)=O)c(F)c2c1. The molecule has 1 aliphatic heterocycles. The Bertz CT molecular complexity index is 1240. The standard InChI is InChI=1S/C21H21FN4O4S/c22-20-17-11-16(24-9-8-23)7-6-15(17)10-18(30-13-14-4-2-1-3-5-14)21(20)26-12-19(27)25-31(26,28)29/h1-7,10-11,24H,8-9,12-13,23H2,(H,25,27). The average molecular weight is 444 g/mol. The number of ether oxygens (including phenoxy) is 1. The van der Waals surface area contributed by atoms with Crippen LogP contribution in [0, 0.1) is 5.82 Å². The Morgan fingerprint density at radius 3 is 2.61 bits per heavy atom. The summed E-state index contributed by atoms with van der Waals surface area (Å²) in [5.41, 5.74) is 6.66. The van der Waals surface area contributed by atoms with E-state index in [1.165, 1.54) is 0 Å². The first-order chi connectivity index (χ1) is 14.9. The number of anilines is 2. The molecule has 1 heterocycles. The number of carbonyl (C=O) groups is 1. The largest absolute Gasteiger partial charge is 0.487 e. The van der Waals surface area contributed by atoms with Crippen LogP contribution in [0.1, 0.15) is 5.56 Å². The van der Waals surface area contributed by atoms with Crippen molar-refractivity contribution < 1.29 is 22.3 Å². The molecule has 0 saturated carbocycles. The average Bonchev–Trinajstić information content (AvgIpc) is 3.03. The van der Waals surface area contributed by atoms with Crippen molar-refractivity contribution in [1.29, 1.82) is 0 Å². The van der Waals surface area contributed by atoms with Crippen LogP contribution in [0.5, 0.6) is 5.75 Å². The van der Waals surface area contributed by atoms with Gasteiger partial charge in [0.05, 0.1) is 0 Å². The van der Waals surface area contributed by atoms with Crippen molar-refractivity contribution in [3.63, 3.8) is 0 Å². The molecule has 162 valence electrons. The first-order valence-electron chi connectivity index (χ1n) is 9.59. The summed E-state index contributed by atoms with van der Waals surface area (Å²) in [6, 6.07) is 15.8. The number of fused-ring (bicyclic) bond motifs is 1. The van der Waals surface area contributed by atoms with Crippen LogP contribution < -0.4 is 24.8 Å². The van der Waals surface area contributed by atoms with Gasteiger partial charge in [0.25, 0.3) is 5.91 Å². The number of halogens is 1. The first-order valence-corrected chi connectivity index (χ1v) is 11.0. The number of nitrogens with two attached hydrogens (primary N) is 1. The molecule has 1 amide bonds. The van der Waals surface area contributed by atoms with Gasteiger partial charge in [-0.15, -0.1) is 0 Å². The molecular weight excluding hydrogens is 423 g/mol. The van der Waals surface area contributed by atoms with Gasteiger partial charge in [0.1, 0.15) is 24.6 Å². The molecule has 31 heavy (non-hydrogen) atoms. The predicted octanol–water partition coefficient (Wildman–Crippen LogP) is 2.11. The minimum absolute atomic E-state index is 0.0246. The van der Waals surface area contributed by atoms with Gasteiger partial charge in [-0.2, -0.15) is 8.42 Å². The van der Waals surface area contributed by atoms with Crippen molar-refractivity contribution in [3.8, 4) is 5.75 Å². The van der Waals surface area contributed by atoms with Crippen LogP contribution in [-0.4, -0.2) is 34.0 Å². The Kier molecular flexibility index (Phi) is 5.66. The number of amides is 1. The summed E-state index contributed by atoms with van der Waals surface area (Å²) in [4.78, 5) is 11.8. The van der Waals surface area contributed by atoms with E-state index in [0.29, 0.717) is 28.5 Å². The zero-order valence-corrected chi connectivity index (χ0v) is 17.3. The molecule has 0 unspecified atom stereocenters. The van der Waals surface area contributed by atoms with Crippen LogP contribution in [0.3, 0.4) is 0 Å². The zero-order valence-electron chi connectivity index (χ0n) is 16.5. The summed E-state index contributed by atoms with van der Waals surface area (Å²) in [6.07, 6.45) is 0. The maximum atomic E-state index is 15.7. The number of hydrogen-bond acceptors (Lipinski definition) is 6. The third-order valence-corrected chi connectivity index (χ3v) is 6.18. The summed E-state index contributed by atoms with van der Waals surface area (Å²) in [5.74, 6) is -1.51. The fourth-order valence-corrected chi connectivity index (χ4v) is 4.53. The molecule has 0 aliphatic carbocycles. The lowest BCUT2D eigenvalue weighted by Gasteiger charge is -2.21. The van der Waals surface area contributed by atoms with E-state index in [4.69, 9.17) is 10.5 Å². The topological polar surface area (TPSA) is 114 Å². The number of nitrogens with one attached hydrogen (secondary N) is 2. The van der Waals surface area contributed by atoms with E-state index < -0.39 is 28.5 Å². The molecule has 0 atom stereocenters. The van der Waals surface area contributed by atoms with Gasteiger partial charge in [0, 0.05) is 24.2 Å². The Labute approximate surface area is 179 Å². The molecular formula is C21H21FN4O4S. The van der Waals surface area contributed by atoms with E-state index in [1.54, 1.807) is 24.3 Å². The number of carbonyl (C=O) groups excluding carboxylic acids is 1. The first kappa shape index (κ1) is 20.9. The van der Waals surface area contributed by atoms with Gasteiger partial charge in [-0.3, -0.25) is 4.79 Å². The van der Waals surface area contributed by atoms with E-state index in [9.17, 15) is 13.2 Å². The Hall–Kier alpha value is -3.37. The second-order valence-corrected chi connectivity index (χ2v) is 8.59. The quantitative estimate of drug-likeness (QED) is 0.514. The molecule has 4 N–H and O–H groups in total. The maximum Gasteiger partial charge on any atom is 0.326 e. The highest BCUT2D eigenvalue weighted by molar-refractivity contribution is 7.92. The van der Waals surface area contributed by atoms with E-state index in [2.05, 4.69) is 5.32 Å². The van der Waals surface area contributed by atoms with Gasteiger partial charge in [0.2, 0.25) is 0 Å². The van der Waals surface area contributed by atoms with Crippen LogP contribution in [0.25, 0.3) is 10.8 Å². The van der Waals surface area contributed by atoms with Crippen molar-refractivity contribution in [2.45, 2.75) is 6.61 Å². The van der Waals surface area contributed by atoms with E-state index in [-0.39, 0.29) is 23.4 Å². The van der Waals surface area contributed by atoms with Crippen LogP contribution in [0.4, 0.5) is 15.8 Å². The van der Waals surface area contributed by atoms with Crippen molar-refractivity contribution in [3.05, 3.63) is 66.0 Å². The van der Waals surface area contributed by atoms with Crippen molar-refractivity contribution in [1.82, 2.24) is 4.72 Å². The van der Waals surface area contributed by atoms with Crippen molar-refractivity contribution in [2.75, 3.05) is 29.3 Å². The molecule has 1 fully saturated rings. The van der Waals surface area contributed by atoms with Crippen molar-refractivity contribution >= 4 is 38.3 Å². The third kappa shape index (κ3) is 4.25. The molecule has 3 aromatic carbocycles. The van der Waals surface area contributed by atoms with Crippen molar-refractivity contribution in [2.24, 2.45) is 5.73 Å². The van der Waals surface area contributed by atoms with Crippen LogP contribution >= 0.6 is 0 Å². The molecule has 8 nitrogen and oxygen atoms in total. The molecule has 3 aromatic rings. The lowest BCUT2D eigenvalue weighted by atomic mass is 10.1. The minimum atomic E-state index is -4.23. The summed E-state index contributed by atoms with van der Waals surface area (Å²) in [5, 5.41) is 3.79. The molecule has 10 heteroatoms. The molecule has 0 bridgehead atoms. The normalized spacial score (nSPS) is 15.2.